The number of hydrogen-bond donors (Lipinski definition) is 0. The predicted molar refractivity (Wildman–Crippen MR) is 526 cm³/mol. The molecule has 8 nitrogen and oxygen atoms in total. The molecule has 0 aliphatic rings. The number of benzene rings is 18. The highest BCUT2D eigenvalue weighted by Crippen LogP contribution is 2.51. The van der Waals surface area contributed by atoms with Crippen molar-refractivity contribution in [2.75, 3.05) is 0 Å². The minimum absolute atomic E-state index is 0.631. The summed E-state index contributed by atoms with van der Waals surface area (Å²) in [7, 11) is 0. The van der Waals surface area contributed by atoms with Crippen molar-refractivity contribution in [3.8, 4) is 78.9 Å². The lowest BCUT2D eigenvalue weighted by Crippen LogP contribution is -2.02. The van der Waals surface area contributed by atoms with E-state index in [9.17, 15) is 0 Å². The van der Waals surface area contributed by atoms with Crippen molar-refractivity contribution < 1.29 is 8.83 Å². The van der Waals surface area contributed by atoms with Crippen molar-refractivity contribution in [2.45, 2.75) is 0 Å². The van der Waals surface area contributed by atoms with Crippen molar-refractivity contribution in [2.24, 2.45) is 0 Å². The average Bonchev–Trinajstić information content (AvgIpc) is 1.55. The molecule has 0 atom stereocenters. The Balaban J connectivity index is 0.000000130. The van der Waals surface area contributed by atoms with E-state index in [0.29, 0.717) is 11.9 Å². The summed E-state index contributed by atoms with van der Waals surface area (Å²) in [6.07, 6.45) is 0. The van der Waals surface area contributed by atoms with Crippen LogP contribution in [0.1, 0.15) is 0 Å². The summed E-state index contributed by atoms with van der Waals surface area (Å²) in [4.78, 5) is 21.9. The Bertz CT molecular complexity index is 9410. The highest BCUT2D eigenvalue weighted by atomic mass is 32.1. The van der Waals surface area contributed by atoms with Crippen molar-refractivity contribution >= 4 is 235 Å². The van der Waals surface area contributed by atoms with Gasteiger partial charge >= 0.3 is 0 Å². The second-order valence-corrected chi connectivity index (χ2v) is 36.3. The molecule has 0 N–H and O–H groups in total. The Morgan fingerprint density at radius 2 is 0.556 bits per heavy atom. The molecule has 28 aromatic rings. The number of hydrogen-bond acceptors (Lipinski definition) is 10. The maximum absolute atomic E-state index is 7.15. The molecule has 0 aliphatic heterocycles. The van der Waals surface area contributed by atoms with E-state index in [-0.39, 0.29) is 0 Å². The van der Waals surface area contributed by atoms with E-state index >= 15 is 0 Å². The fraction of sp³-hybridized carbons (Fsp3) is 0. The summed E-state index contributed by atoms with van der Waals surface area (Å²) in [5.74, 6) is 1.26. The SMILES string of the molecule is c1ccc(-c2ccc(-c3nc(-n4c5ccccc5c5c6oc7cc(-c8ccc9sc%10ccccc%10c9c8)c8ccccc8c7c6ccc54)nc4c3sc3ccccc34)cc2)cc1.c1ccc(-c2cccc(-c3nc(-n4c5ccccc5c5c6oc7cc(-c8ccc9sc%10ccccc%10c9c8)c8ccccc8c7c6ccc54)nc4c3sc3ccccc34)c2)cc1. The smallest absolute Gasteiger partial charge is 0.235 e. The average molecular weight is 1650 g/mol. The van der Waals surface area contributed by atoms with E-state index in [1.54, 1.807) is 22.7 Å². The van der Waals surface area contributed by atoms with Gasteiger partial charge in [-0.3, -0.25) is 9.13 Å². The Labute approximate surface area is 722 Å². The minimum Gasteiger partial charge on any atom is -0.455 e. The lowest BCUT2D eigenvalue weighted by Gasteiger charge is -2.11. The van der Waals surface area contributed by atoms with Crippen molar-refractivity contribution in [1.82, 2.24) is 29.1 Å². The standard InChI is InChI=1S/2C56H31N3OS2/c1-2-13-32(14-3-1)33-15-12-16-35(29-33)52-55-53(40-21-8-11-24-48(40)62-55)58-56(57-52)59-44-22-9-6-20-39(44)51-45(59)27-26-41-50-38-19-5-4-17-36(38)42(31-46(50)60-54(41)51)34-25-28-49-43(30-34)37-18-7-10-23-47(37)61-49;1-2-12-32(13-3-1)33-22-24-34(25-23-33)52-55-53(40-18-8-11-21-48(40)62-55)58-56(57-52)59-44-19-9-6-17-39(44)51-45(59)28-27-41-50-38-16-5-4-14-36(38)42(31-46(50)60-54(41)51)35-26-29-49-43(30-35)37-15-7-10-20-47(37)61-49/h2*1-31H. The summed E-state index contributed by atoms with van der Waals surface area (Å²) in [5, 5.41) is 20.9. The summed E-state index contributed by atoms with van der Waals surface area (Å²) in [6, 6.07) is 135. The lowest BCUT2D eigenvalue weighted by molar-refractivity contribution is 0.673. The molecule has 10 heterocycles. The van der Waals surface area contributed by atoms with Crippen LogP contribution in [0.25, 0.3) is 269 Å². The molecule has 0 spiro atoms. The zero-order valence-electron chi connectivity index (χ0n) is 65.9. The molecule has 28 rings (SSSR count). The van der Waals surface area contributed by atoms with Crippen molar-refractivity contribution in [3.63, 3.8) is 0 Å². The number of nitrogens with zero attached hydrogens (tertiary/aromatic N) is 6. The summed E-state index contributed by atoms with van der Waals surface area (Å²) >= 11 is 7.21. The number of thiophene rings is 4. The monoisotopic (exact) mass is 1650 g/mol. The van der Waals surface area contributed by atoms with Crippen LogP contribution >= 0.6 is 45.3 Å². The molecule has 0 saturated carbocycles. The molecule has 0 saturated heterocycles. The van der Waals surface area contributed by atoms with Gasteiger partial charge in [0.2, 0.25) is 11.9 Å². The maximum Gasteiger partial charge on any atom is 0.235 e. The van der Waals surface area contributed by atoms with E-state index in [4.69, 9.17) is 28.8 Å². The number of para-hydroxylation sites is 2. The van der Waals surface area contributed by atoms with Crippen LogP contribution in [0.2, 0.25) is 0 Å². The van der Waals surface area contributed by atoms with Gasteiger partial charge in [0.15, 0.2) is 0 Å². The predicted octanol–water partition coefficient (Wildman–Crippen LogP) is 32.7. The third-order valence-corrected chi connectivity index (χ3v) is 29.9. The van der Waals surface area contributed by atoms with Gasteiger partial charge in [-0.25, -0.2) is 19.9 Å². The van der Waals surface area contributed by atoms with Crippen LogP contribution in [0, 0.1) is 0 Å². The van der Waals surface area contributed by atoms with Crippen LogP contribution in [0.4, 0.5) is 0 Å². The summed E-state index contributed by atoms with van der Waals surface area (Å²) < 4.78 is 28.5. The highest BCUT2D eigenvalue weighted by Gasteiger charge is 2.28. The first-order chi connectivity index (χ1) is 61.5. The third-order valence-electron chi connectivity index (χ3n) is 25.3. The molecular weight excluding hydrogens is 1590 g/mol. The maximum atomic E-state index is 7.15. The molecule has 576 valence electrons. The third kappa shape index (κ3) is 10.5. The van der Waals surface area contributed by atoms with E-state index < -0.39 is 0 Å². The van der Waals surface area contributed by atoms with Crippen LogP contribution in [-0.4, -0.2) is 29.1 Å². The molecule has 10 aromatic heterocycles. The highest BCUT2D eigenvalue weighted by molar-refractivity contribution is 7.27. The fourth-order valence-electron chi connectivity index (χ4n) is 19.7. The zero-order valence-corrected chi connectivity index (χ0v) is 69.2. The molecule has 12 heteroatoms. The molecule has 0 bridgehead atoms. The zero-order chi connectivity index (χ0) is 80.9. The summed E-state index contributed by atoms with van der Waals surface area (Å²) in [5.41, 5.74) is 22.8. The largest absolute Gasteiger partial charge is 0.455 e. The Kier molecular flexibility index (Phi) is 15.2. The number of rotatable bonds is 8. The molecule has 0 aliphatic carbocycles. The van der Waals surface area contributed by atoms with Gasteiger partial charge in [0.25, 0.3) is 0 Å². The van der Waals surface area contributed by atoms with Crippen LogP contribution in [0.3, 0.4) is 0 Å². The first-order valence-corrected chi connectivity index (χ1v) is 44.9. The second-order valence-electron chi connectivity index (χ2n) is 32.1. The van der Waals surface area contributed by atoms with Crippen LogP contribution in [0.15, 0.2) is 385 Å². The van der Waals surface area contributed by atoms with Gasteiger partial charge < -0.3 is 8.83 Å². The molecule has 0 radical (unpaired) electrons. The van der Waals surface area contributed by atoms with Gasteiger partial charge in [-0.05, 0) is 169 Å². The number of fused-ring (bicyclic) bond motifs is 30. The van der Waals surface area contributed by atoms with E-state index in [2.05, 4.69) is 385 Å². The minimum atomic E-state index is 0.631. The van der Waals surface area contributed by atoms with Gasteiger partial charge in [0.1, 0.15) is 22.3 Å². The second kappa shape index (κ2) is 27.1. The molecule has 0 unspecified atom stereocenters. The normalized spacial score (nSPS) is 12.2. The van der Waals surface area contributed by atoms with E-state index in [1.807, 2.05) is 22.7 Å². The first-order valence-electron chi connectivity index (χ1n) is 41.6. The molecule has 18 aromatic carbocycles. The quantitative estimate of drug-likeness (QED) is 0.151. The van der Waals surface area contributed by atoms with Gasteiger partial charge in [0.05, 0.1) is 64.7 Å². The topological polar surface area (TPSA) is 87.7 Å². The van der Waals surface area contributed by atoms with Crippen molar-refractivity contribution in [3.05, 3.63) is 376 Å². The van der Waals surface area contributed by atoms with Gasteiger partial charge in [-0.2, -0.15) is 0 Å². The van der Waals surface area contributed by atoms with E-state index in [1.165, 1.54) is 99.1 Å². The Hall–Kier alpha value is -15.3. The first kappa shape index (κ1) is 69.5. The number of aromatic nitrogens is 6. The molecular formula is C112H62N6O2S4. The molecule has 124 heavy (non-hydrogen) atoms. The van der Waals surface area contributed by atoms with Gasteiger partial charge in [-0.1, -0.05) is 273 Å². The fourth-order valence-corrected chi connectivity index (χ4v) is 24.2. The van der Waals surface area contributed by atoms with Crippen molar-refractivity contribution in [1.29, 1.82) is 0 Å². The van der Waals surface area contributed by atoms with Gasteiger partial charge in [-0.15, -0.1) is 45.3 Å². The number of furan rings is 2. The van der Waals surface area contributed by atoms with Gasteiger partial charge in [0, 0.05) is 104 Å². The van der Waals surface area contributed by atoms with Crippen LogP contribution in [0.5, 0.6) is 0 Å². The Morgan fingerprint density at radius 1 is 0.202 bits per heavy atom. The van der Waals surface area contributed by atoms with Crippen LogP contribution in [-0.2, 0) is 0 Å². The summed E-state index contributed by atoms with van der Waals surface area (Å²) in [6.45, 7) is 0. The van der Waals surface area contributed by atoms with E-state index in [0.717, 1.165) is 158 Å². The Morgan fingerprint density at radius 3 is 1.04 bits per heavy atom. The van der Waals surface area contributed by atoms with Crippen LogP contribution < -0.4 is 0 Å². The molecule has 0 fully saturated rings. The lowest BCUT2D eigenvalue weighted by atomic mass is 9.94. The molecule has 0 amide bonds.